The Labute approximate surface area is 163 Å². The van der Waals surface area contributed by atoms with Gasteiger partial charge < -0.3 is 10.1 Å². The lowest BCUT2D eigenvalue weighted by Gasteiger charge is -2.26. The second-order valence-electron chi connectivity index (χ2n) is 7.85. The summed E-state index contributed by atoms with van der Waals surface area (Å²) in [7, 11) is 0. The maximum absolute atomic E-state index is 14.1. The molecule has 0 aliphatic carbocycles. The number of carbonyl (C=O) groups excluding carboxylic acids is 1. The van der Waals surface area contributed by atoms with Gasteiger partial charge in [0.05, 0.1) is 6.42 Å². The van der Waals surface area contributed by atoms with Crippen LogP contribution in [-0.2, 0) is 16.0 Å². The summed E-state index contributed by atoms with van der Waals surface area (Å²) in [5, 5.41) is 3.28. The van der Waals surface area contributed by atoms with Gasteiger partial charge in [0.25, 0.3) is 0 Å². The Balaban J connectivity index is 2.20. The van der Waals surface area contributed by atoms with E-state index in [9.17, 15) is 18.0 Å². The van der Waals surface area contributed by atoms with E-state index in [2.05, 4.69) is 5.32 Å². The van der Waals surface area contributed by atoms with Crippen molar-refractivity contribution in [2.45, 2.75) is 58.2 Å². The van der Waals surface area contributed by atoms with Crippen LogP contribution >= 0.6 is 0 Å². The molecule has 2 aromatic carbocycles. The number of halogens is 3. The molecule has 0 saturated heterocycles. The lowest BCUT2D eigenvalue weighted by Crippen LogP contribution is -2.37. The highest BCUT2D eigenvalue weighted by Gasteiger charge is 2.24. The van der Waals surface area contributed by atoms with E-state index >= 15 is 0 Å². The molecule has 152 valence electrons. The van der Waals surface area contributed by atoms with Gasteiger partial charge in [-0.1, -0.05) is 30.3 Å². The lowest BCUT2D eigenvalue weighted by atomic mass is 9.99. The van der Waals surface area contributed by atoms with Crippen LogP contribution in [0.25, 0.3) is 0 Å². The molecular formula is C22H26F3NO2. The van der Waals surface area contributed by atoms with Gasteiger partial charge in [-0.05, 0) is 51.3 Å². The Morgan fingerprint density at radius 1 is 1.04 bits per heavy atom. The first-order valence-corrected chi connectivity index (χ1v) is 9.21. The molecule has 2 atom stereocenters. The third kappa shape index (κ3) is 6.68. The van der Waals surface area contributed by atoms with Gasteiger partial charge >= 0.3 is 5.97 Å². The van der Waals surface area contributed by atoms with E-state index in [4.69, 9.17) is 4.74 Å². The highest BCUT2D eigenvalue weighted by Crippen LogP contribution is 2.20. The smallest absolute Gasteiger partial charge is 0.307 e. The highest BCUT2D eigenvalue weighted by molar-refractivity contribution is 5.70. The zero-order valence-corrected chi connectivity index (χ0v) is 16.6. The van der Waals surface area contributed by atoms with Gasteiger partial charge in [-0.3, -0.25) is 4.79 Å². The molecule has 6 heteroatoms. The molecule has 0 aliphatic heterocycles. The zero-order valence-electron chi connectivity index (χ0n) is 16.6. The molecule has 0 aromatic heterocycles. The molecule has 0 amide bonds. The number of hydrogen-bond acceptors (Lipinski definition) is 3. The van der Waals surface area contributed by atoms with E-state index in [0.29, 0.717) is 6.07 Å². The van der Waals surface area contributed by atoms with Crippen LogP contribution in [0.1, 0.15) is 51.3 Å². The Bertz CT molecular complexity index is 803. The van der Waals surface area contributed by atoms with Crippen molar-refractivity contribution in [3.63, 3.8) is 0 Å². The standard InChI is InChI=1S/C22H26F3NO2/c1-14(15-8-6-5-7-9-15)26-17(12-21(27)28-22(2,3)4)10-16-11-19(24)20(25)13-18(16)23/h5-9,11,13-14,17,26H,10,12H2,1-4H3/t14-,17-/m1/s1. The van der Waals surface area contributed by atoms with E-state index < -0.39 is 35.1 Å². The average molecular weight is 393 g/mol. The number of carbonyl (C=O) groups is 1. The first-order chi connectivity index (χ1) is 13.0. The summed E-state index contributed by atoms with van der Waals surface area (Å²) in [5.74, 6) is -3.66. The van der Waals surface area contributed by atoms with E-state index in [-0.39, 0.29) is 24.4 Å². The Kier molecular flexibility index (Phi) is 7.24. The molecule has 2 rings (SSSR count). The molecule has 0 heterocycles. The topological polar surface area (TPSA) is 38.3 Å². The van der Waals surface area contributed by atoms with Crippen LogP contribution in [0.4, 0.5) is 13.2 Å². The third-order valence-corrected chi connectivity index (χ3v) is 4.17. The lowest BCUT2D eigenvalue weighted by molar-refractivity contribution is -0.155. The van der Waals surface area contributed by atoms with Gasteiger partial charge in [0, 0.05) is 18.2 Å². The molecule has 1 N–H and O–H groups in total. The first-order valence-electron chi connectivity index (χ1n) is 9.21. The van der Waals surface area contributed by atoms with E-state index in [1.165, 1.54) is 0 Å². The largest absolute Gasteiger partial charge is 0.460 e. The second-order valence-corrected chi connectivity index (χ2v) is 7.85. The van der Waals surface area contributed by atoms with Gasteiger partial charge in [0.2, 0.25) is 0 Å². The average Bonchev–Trinajstić information content (AvgIpc) is 2.58. The number of ether oxygens (including phenoxy) is 1. The molecule has 0 spiro atoms. The van der Waals surface area contributed by atoms with Crippen LogP contribution in [0.2, 0.25) is 0 Å². The normalized spacial score (nSPS) is 13.8. The molecule has 0 aliphatic rings. The van der Waals surface area contributed by atoms with E-state index in [1.54, 1.807) is 20.8 Å². The number of hydrogen-bond donors (Lipinski definition) is 1. The summed E-state index contributed by atoms with van der Waals surface area (Å²) in [5.41, 5.74) is 0.336. The molecule has 0 unspecified atom stereocenters. The van der Waals surface area contributed by atoms with Gasteiger partial charge in [0.1, 0.15) is 11.4 Å². The van der Waals surface area contributed by atoms with Crippen LogP contribution in [0.3, 0.4) is 0 Å². The zero-order chi connectivity index (χ0) is 20.9. The van der Waals surface area contributed by atoms with Gasteiger partial charge in [-0.2, -0.15) is 0 Å². The quantitative estimate of drug-likeness (QED) is 0.526. The molecule has 3 nitrogen and oxygen atoms in total. The summed E-state index contributed by atoms with van der Waals surface area (Å²) in [6, 6.07) is 10.2. The molecule has 2 aromatic rings. The third-order valence-electron chi connectivity index (χ3n) is 4.17. The fourth-order valence-electron chi connectivity index (χ4n) is 2.95. The van der Waals surface area contributed by atoms with Crippen LogP contribution in [0, 0.1) is 17.5 Å². The second kappa shape index (κ2) is 9.24. The molecule has 0 saturated carbocycles. The predicted octanol–water partition coefficient (Wildman–Crippen LogP) is 5.10. The minimum Gasteiger partial charge on any atom is -0.460 e. The van der Waals surface area contributed by atoms with Crippen molar-refractivity contribution in [2.75, 3.05) is 0 Å². The van der Waals surface area contributed by atoms with Crippen LogP contribution in [-0.4, -0.2) is 17.6 Å². The monoisotopic (exact) mass is 393 g/mol. The fraction of sp³-hybridized carbons (Fsp3) is 0.409. The summed E-state index contributed by atoms with van der Waals surface area (Å²) < 4.78 is 46.3. The number of esters is 1. The van der Waals surface area contributed by atoms with Crippen molar-refractivity contribution in [3.8, 4) is 0 Å². The molecule has 28 heavy (non-hydrogen) atoms. The summed E-state index contributed by atoms with van der Waals surface area (Å²) in [4.78, 5) is 12.3. The van der Waals surface area contributed by atoms with Crippen molar-refractivity contribution in [2.24, 2.45) is 0 Å². The Morgan fingerprint density at radius 3 is 2.25 bits per heavy atom. The minimum atomic E-state index is -1.24. The maximum Gasteiger partial charge on any atom is 0.307 e. The Morgan fingerprint density at radius 2 is 1.64 bits per heavy atom. The summed E-state index contributed by atoms with van der Waals surface area (Å²) in [6.07, 6.45) is -0.0215. The fourth-order valence-corrected chi connectivity index (χ4v) is 2.95. The van der Waals surface area contributed by atoms with Crippen LogP contribution < -0.4 is 5.32 Å². The van der Waals surface area contributed by atoms with Crippen molar-refractivity contribution in [3.05, 3.63) is 71.0 Å². The van der Waals surface area contributed by atoms with Crippen molar-refractivity contribution in [1.82, 2.24) is 5.32 Å². The molecule has 0 bridgehead atoms. The van der Waals surface area contributed by atoms with Gasteiger partial charge in [-0.15, -0.1) is 0 Å². The van der Waals surface area contributed by atoms with Crippen LogP contribution in [0.5, 0.6) is 0 Å². The van der Waals surface area contributed by atoms with Crippen molar-refractivity contribution in [1.29, 1.82) is 0 Å². The molecular weight excluding hydrogens is 367 g/mol. The number of benzene rings is 2. The van der Waals surface area contributed by atoms with Gasteiger partial charge in [0.15, 0.2) is 11.6 Å². The summed E-state index contributed by atoms with van der Waals surface area (Å²) in [6.45, 7) is 7.19. The number of nitrogens with one attached hydrogen (secondary N) is 1. The molecule has 0 fully saturated rings. The van der Waals surface area contributed by atoms with Crippen molar-refractivity contribution >= 4 is 5.97 Å². The Hall–Kier alpha value is -2.34. The SMILES string of the molecule is C[C@@H](N[C@@H](CC(=O)OC(C)(C)C)Cc1cc(F)c(F)cc1F)c1ccccc1. The van der Waals surface area contributed by atoms with Crippen LogP contribution in [0.15, 0.2) is 42.5 Å². The summed E-state index contributed by atoms with van der Waals surface area (Å²) >= 11 is 0. The van der Waals surface area contributed by atoms with E-state index in [1.807, 2.05) is 37.3 Å². The highest BCUT2D eigenvalue weighted by atomic mass is 19.2. The van der Waals surface area contributed by atoms with Gasteiger partial charge in [-0.25, -0.2) is 13.2 Å². The van der Waals surface area contributed by atoms with Crippen molar-refractivity contribution < 1.29 is 22.7 Å². The maximum atomic E-state index is 14.1. The minimum absolute atomic E-state index is 0.000204. The predicted molar refractivity (Wildman–Crippen MR) is 102 cm³/mol. The molecule has 0 radical (unpaired) electrons. The first kappa shape index (κ1) is 22.0. The van der Waals surface area contributed by atoms with E-state index in [0.717, 1.165) is 11.6 Å². The number of rotatable bonds is 7.